The highest BCUT2D eigenvalue weighted by atomic mass is 16.5. The maximum Gasteiger partial charge on any atom is 0.337 e. The van der Waals surface area contributed by atoms with Crippen LogP contribution in [-0.2, 0) is 14.3 Å². The molecule has 1 aliphatic carbocycles. The number of rotatable bonds is 5. The van der Waals surface area contributed by atoms with Crippen LogP contribution in [0, 0.1) is 5.92 Å². The molecular weight excluding hydrogens is 358 g/mol. The lowest BCUT2D eigenvalue weighted by molar-refractivity contribution is -0.136. The Morgan fingerprint density at radius 1 is 1.00 bits per heavy atom. The van der Waals surface area contributed by atoms with Gasteiger partial charge in [-0.15, -0.1) is 0 Å². The lowest BCUT2D eigenvalue weighted by atomic mass is 9.95. The summed E-state index contributed by atoms with van der Waals surface area (Å²) >= 11 is 0. The van der Waals surface area contributed by atoms with Crippen LogP contribution >= 0.6 is 0 Å². The van der Waals surface area contributed by atoms with Crippen molar-refractivity contribution in [2.24, 2.45) is 5.92 Å². The van der Waals surface area contributed by atoms with Gasteiger partial charge in [-0.2, -0.15) is 0 Å². The van der Waals surface area contributed by atoms with Crippen LogP contribution in [0.25, 0.3) is 0 Å². The molecule has 7 heteroatoms. The van der Waals surface area contributed by atoms with Gasteiger partial charge in [-0.25, -0.2) is 4.79 Å². The minimum atomic E-state index is -0.700. The lowest BCUT2D eigenvalue weighted by Gasteiger charge is -2.36. The van der Waals surface area contributed by atoms with Gasteiger partial charge in [-0.3, -0.25) is 9.59 Å². The first-order chi connectivity index (χ1) is 13.6. The van der Waals surface area contributed by atoms with Gasteiger partial charge < -0.3 is 20.3 Å². The summed E-state index contributed by atoms with van der Waals surface area (Å²) in [5.74, 6) is -1.35. The second kappa shape index (κ2) is 9.68. The molecule has 0 bridgehead atoms. The Bertz CT molecular complexity index is 690. The number of carbonyl (C=O) groups is 3. The number of methoxy groups -OCH3 is 1. The number of nitrogens with zero attached hydrogens (tertiary/aromatic N) is 1. The molecule has 1 aromatic rings. The maximum atomic E-state index is 12.1. The molecule has 0 spiro atoms. The van der Waals surface area contributed by atoms with E-state index in [-0.39, 0.29) is 0 Å². The van der Waals surface area contributed by atoms with Crippen LogP contribution in [0.4, 0.5) is 5.69 Å². The fraction of sp³-hybridized carbons (Fsp3) is 0.571. The van der Waals surface area contributed by atoms with Crippen molar-refractivity contribution in [2.45, 2.75) is 44.6 Å². The van der Waals surface area contributed by atoms with E-state index in [4.69, 9.17) is 0 Å². The highest BCUT2D eigenvalue weighted by molar-refractivity contribution is 6.39. The normalized spacial score (nSPS) is 18.6. The molecule has 2 amide bonds. The lowest BCUT2D eigenvalue weighted by Crippen LogP contribution is -2.44. The number of ether oxygens (including phenoxy) is 1. The summed E-state index contributed by atoms with van der Waals surface area (Å²) in [7, 11) is 1.31. The Hall–Kier alpha value is -2.41. The van der Waals surface area contributed by atoms with Crippen molar-refractivity contribution in [3.05, 3.63) is 29.8 Å². The molecule has 7 nitrogen and oxygen atoms in total. The third-order valence-electron chi connectivity index (χ3n) is 5.81. The number of amides is 2. The summed E-state index contributed by atoms with van der Waals surface area (Å²) in [6.45, 7) is 2.71. The van der Waals surface area contributed by atoms with Crippen LogP contribution < -0.4 is 10.6 Å². The van der Waals surface area contributed by atoms with Crippen molar-refractivity contribution in [2.75, 3.05) is 32.1 Å². The fourth-order valence-corrected chi connectivity index (χ4v) is 4.10. The topological polar surface area (TPSA) is 87.7 Å². The summed E-state index contributed by atoms with van der Waals surface area (Å²) in [5, 5.41) is 5.30. The zero-order chi connectivity index (χ0) is 19.9. The Morgan fingerprint density at radius 3 is 2.25 bits per heavy atom. The van der Waals surface area contributed by atoms with Gasteiger partial charge in [0.15, 0.2) is 0 Å². The average Bonchev–Trinajstić information content (AvgIpc) is 3.27. The van der Waals surface area contributed by atoms with Crippen molar-refractivity contribution < 1.29 is 19.1 Å². The zero-order valence-electron chi connectivity index (χ0n) is 16.4. The molecule has 2 N–H and O–H groups in total. The molecule has 0 atom stereocenters. The highest BCUT2D eigenvalue weighted by Gasteiger charge is 2.27. The SMILES string of the molecule is COC(=O)c1ccc(NC(=O)C(=O)NCC2CCN(C3CCCC3)CC2)cc1. The van der Waals surface area contributed by atoms with Crippen LogP contribution in [0.3, 0.4) is 0 Å². The van der Waals surface area contributed by atoms with E-state index in [0.717, 1.165) is 32.0 Å². The number of hydrogen-bond acceptors (Lipinski definition) is 5. The smallest absolute Gasteiger partial charge is 0.337 e. The Morgan fingerprint density at radius 2 is 1.64 bits per heavy atom. The molecule has 2 aliphatic rings. The van der Waals surface area contributed by atoms with E-state index in [9.17, 15) is 14.4 Å². The van der Waals surface area contributed by atoms with Crippen LogP contribution in [-0.4, -0.2) is 55.5 Å². The first-order valence-electron chi connectivity index (χ1n) is 10.1. The van der Waals surface area contributed by atoms with Gasteiger partial charge >= 0.3 is 17.8 Å². The minimum Gasteiger partial charge on any atom is -0.465 e. The van der Waals surface area contributed by atoms with Gasteiger partial charge in [0.2, 0.25) is 0 Å². The molecular formula is C21H29N3O4. The molecule has 28 heavy (non-hydrogen) atoms. The molecule has 1 saturated heterocycles. The van der Waals surface area contributed by atoms with Gasteiger partial charge in [0.25, 0.3) is 0 Å². The predicted molar refractivity (Wildman–Crippen MR) is 106 cm³/mol. The Labute approximate surface area is 165 Å². The van der Waals surface area contributed by atoms with Gasteiger partial charge in [-0.1, -0.05) is 12.8 Å². The van der Waals surface area contributed by atoms with Crippen LogP contribution in [0.15, 0.2) is 24.3 Å². The molecule has 1 saturated carbocycles. The van der Waals surface area contributed by atoms with Crippen molar-refractivity contribution >= 4 is 23.5 Å². The third-order valence-corrected chi connectivity index (χ3v) is 5.81. The fourth-order valence-electron chi connectivity index (χ4n) is 4.10. The molecule has 1 aliphatic heterocycles. The zero-order valence-corrected chi connectivity index (χ0v) is 16.4. The Kier molecular flexibility index (Phi) is 7.03. The van der Waals surface area contributed by atoms with Crippen LogP contribution in [0.2, 0.25) is 0 Å². The van der Waals surface area contributed by atoms with Crippen LogP contribution in [0.1, 0.15) is 48.9 Å². The highest BCUT2D eigenvalue weighted by Crippen LogP contribution is 2.27. The van der Waals surface area contributed by atoms with E-state index in [0.29, 0.717) is 23.7 Å². The number of nitrogens with one attached hydrogen (secondary N) is 2. The number of benzene rings is 1. The molecule has 1 heterocycles. The maximum absolute atomic E-state index is 12.1. The molecule has 1 aromatic carbocycles. The second-order valence-electron chi connectivity index (χ2n) is 7.65. The van der Waals surface area contributed by atoms with E-state index in [1.165, 1.54) is 44.9 Å². The number of carbonyl (C=O) groups excluding carboxylic acids is 3. The predicted octanol–water partition coefficient (Wildman–Crippen LogP) is 2.18. The number of piperidine rings is 1. The summed E-state index contributed by atoms with van der Waals surface area (Å²) in [6.07, 6.45) is 7.47. The monoisotopic (exact) mass is 387 g/mol. The first-order valence-corrected chi connectivity index (χ1v) is 10.1. The summed E-state index contributed by atoms with van der Waals surface area (Å²) < 4.78 is 4.63. The number of esters is 1. The number of likely N-dealkylation sites (tertiary alicyclic amines) is 1. The van der Waals surface area contributed by atoms with E-state index in [1.807, 2.05) is 0 Å². The Balaban J connectivity index is 1.38. The third kappa shape index (κ3) is 5.32. The van der Waals surface area contributed by atoms with E-state index >= 15 is 0 Å². The number of hydrogen-bond donors (Lipinski definition) is 2. The van der Waals surface area contributed by atoms with Gasteiger partial charge in [0.1, 0.15) is 0 Å². The van der Waals surface area contributed by atoms with Crippen molar-refractivity contribution in [3.8, 4) is 0 Å². The van der Waals surface area contributed by atoms with Gasteiger partial charge in [-0.05, 0) is 69.0 Å². The first kappa shape index (κ1) is 20.3. The second-order valence-corrected chi connectivity index (χ2v) is 7.65. The molecule has 3 rings (SSSR count). The minimum absolute atomic E-state index is 0.383. The summed E-state index contributed by atoms with van der Waals surface area (Å²) in [4.78, 5) is 38.1. The van der Waals surface area contributed by atoms with E-state index < -0.39 is 17.8 Å². The largest absolute Gasteiger partial charge is 0.465 e. The number of anilines is 1. The van der Waals surface area contributed by atoms with Crippen molar-refractivity contribution in [3.63, 3.8) is 0 Å². The van der Waals surface area contributed by atoms with Crippen LogP contribution in [0.5, 0.6) is 0 Å². The molecule has 152 valence electrons. The van der Waals surface area contributed by atoms with Gasteiger partial charge in [0, 0.05) is 18.3 Å². The van der Waals surface area contributed by atoms with Gasteiger partial charge in [0.05, 0.1) is 12.7 Å². The van der Waals surface area contributed by atoms with Crippen molar-refractivity contribution in [1.29, 1.82) is 0 Å². The molecule has 0 unspecified atom stereocenters. The molecule has 0 aromatic heterocycles. The van der Waals surface area contributed by atoms with E-state index in [1.54, 1.807) is 12.1 Å². The standard InChI is InChI=1S/C21H29N3O4/c1-28-21(27)16-6-8-17(9-7-16)23-20(26)19(25)22-14-15-10-12-24(13-11-15)18-4-2-3-5-18/h6-9,15,18H,2-5,10-14H2,1H3,(H,22,25)(H,23,26). The molecule has 0 radical (unpaired) electrons. The summed E-state index contributed by atoms with van der Waals surface area (Å²) in [6, 6.07) is 6.97. The van der Waals surface area contributed by atoms with Crippen molar-refractivity contribution in [1.82, 2.24) is 10.2 Å². The quantitative estimate of drug-likeness (QED) is 0.597. The average molecular weight is 387 g/mol. The summed E-state index contributed by atoms with van der Waals surface area (Å²) in [5.41, 5.74) is 0.839. The van der Waals surface area contributed by atoms with E-state index in [2.05, 4.69) is 20.3 Å². The molecule has 2 fully saturated rings.